The predicted octanol–water partition coefficient (Wildman–Crippen LogP) is 1.22. The van der Waals surface area contributed by atoms with Gasteiger partial charge in [-0.05, 0) is 19.1 Å². The number of hydrogen-bond acceptors (Lipinski definition) is 9. The van der Waals surface area contributed by atoms with Crippen LogP contribution in [0.1, 0.15) is 36.7 Å². The van der Waals surface area contributed by atoms with Gasteiger partial charge in [-0.1, -0.05) is 11.6 Å². The van der Waals surface area contributed by atoms with Gasteiger partial charge in [-0.15, -0.1) is 0 Å². The van der Waals surface area contributed by atoms with E-state index in [1.165, 1.54) is 19.1 Å². The minimum Gasteiger partial charge on any atom is -0.478 e. The normalized spacial score (nSPS) is 23.6. The van der Waals surface area contributed by atoms with Crippen LogP contribution in [0, 0.1) is 6.92 Å². The van der Waals surface area contributed by atoms with Gasteiger partial charge in [0.15, 0.2) is 12.2 Å². The molecule has 0 aromatic heterocycles. The van der Waals surface area contributed by atoms with Crippen LogP contribution in [-0.4, -0.2) is 60.2 Å². The number of hydrogen-bond donors (Lipinski definition) is 1. The first-order valence-electron chi connectivity index (χ1n) is 8.72. The van der Waals surface area contributed by atoms with Crippen LogP contribution in [0.15, 0.2) is 18.2 Å². The molecular weight excluding hydrogens is 388 g/mol. The van der Waals surface area contributed by atoms with Gasteiger partial charge >= 0.3 is 23.9 Å². The summed E-state index contributed by atoms with van der Waals surface area (Å²) in [7, 11) is 0. The molecule has 1 N–H and O–H groups in total. The van der Waals surface area contributed by atoms with Gasteiger partial charge in [0.1, 0.15) is 11.3 Å². The molecule has 10 heteroatoms. The molecule has 0 bridgehead atoms. The highest BCUT2D eigenvalue weighted by Gasteiger charge is 2.48. The maximum absolute atomic E-state index is 11.6. The fourth-order valence-electron chi connectivity index (χ4n) is 2.85. The molecular formula is C19H22O10. The standard InChI is InChI=1S/C19H22O10/c1-9-5-6-14(13(7-9)18(23)24)29-19-17(28-12(4)22)16(27-11(3)21)15(8-25-19)26-10(2)20/h5-7,15-17,19H,8H2,1-4H3,(H,23,24)/t15-,16-,17-,19-/m1/s1. The first-order valence-corrected chi connectivity index (χ1v) is 8.72. The van der Waals surface area contributed by atoms with E-state index in [-0.39, 0.29) is 17.9 Å². The summed E-state index contributed by atoms with van der Waals surface area (Å²) >= 11 is 0. The van der Waals surface area contributed by atoms with Crippen molar-refractivity contribution in [1.82, 2.24) is 0 Å². The average Bonchev–Trinajstić information content (AvgIpc) is 2.59. The number of carbonyl (C=O) groups excluding carboxylic acids is 3. The van der Waals surface area contributed by atoms with Crippen molar-refractivity contribution >= 4 is 23.9 Å². The average molecular weight is 410 g/mol. The zero-order valence-corrected chi connectivity index (χ0v) is 16.4. The molecule has 10 nitrogen and oxygen atoms in total. The Labute approximate surface area is 166 Å². The van der Waals surface area contributed by atoms with Crippen molar-refractivity contribution in [2.45, 2.75) is 52.3 Å². The van der Waals surface area contributed by atoms with Gasteiger partial charge in [0.2, 0.25) is 12.4 Å². The lowest BCUT2D eigenvalue weighted by Gasteiger charge is -2.40. The Balaban J connectivity index is 2.37. The Kier molecular flexibility index (Phi) is 7.16. The summed E-state index contributed by atoms with van der Waals surface area (Å²) in [6.07, 6.45) is -4.87. The smallest absolute Gasteiger partial charge is 0.339 e. The molecule has 0 aliphatic carbocycles. The van der Waals surface area contributed by atoms with E-state index in [2.05, 4.69) is 0 Å². The second-order valence-electron chi connectivity index (χ2n) is 6.42. The third-order valence-corrected chi connectivity index (χ3v) is 3.91. The van der Waals surface area contributed by atoms with Crippen LogP contribution in [0.4, 0.5) is 0 Å². The van der Waals surface area contributed by atoms with Crippen LogP contribution in [-0.2, 0) is 33.3 Å². The highest BCUT2D eigenvalue weighted by atomic mass is 16.7. The fourth-order valence-corrected chi connectivity index (χ4v) is 2.85. The van der Waals surface area contributed by atoms with E-state index in [4.69, 9.17) is 23.7 Å². The van der Waals surface area contributed by atoms with Gasteiger partial charge in [-0.25, -0.2) is 4.79 Å². The van der Waals surface area contributed by atoms with Crippen LogP contribution in [0.25, 0.3) is 0 Å². The number of ether oxygens (including phenoxy) is 5. The molecule has 29 heavy (non-hydrogen) atoms. The number of benzene rings is 1. The van der Waals surface area contributed by atoms with Crippen molar-refractivity contribution in [3.05, 3.63) is 29.3 Å². The number of esters is 3. The van der Waals surface area contributed by atoms with E-state index in [9.17, 15) is 24.3 Å². The van der Waals surface area contributed by atoms with Gasteiger partial charge in [-0.3, -0.25) is 14.4 Å². The molecule has 0 amide bonds. The van der Waals surface area contributed by atoms with E-state index in [0.717, 1.165) is 13.8 Å². The molecule has 0 spiro atoms. The van der Waals surface area contributed by atoms with E-state index >= 15 is 0 Å². The van der Waals surface area contributed by atoms with E-state index in [1.54, 1.807) is 13.0 Å². The van der Waals surface area contributed by atoms with Crippen LogP contribution in [0.5, 0.6) is 5.75 Å². The zero-order valence-electron chi connectivity index (χ0n) is 16.4. The molecule has 2 rings (SSSR count). The van der Waals surface area contributed by atoms with Crippen molar-refractivity contribution < 1.29 is 48.0 Å². The summed E-state index contributed by atoms with van der Waals surface area (Å²) in [6.45, 7) is 4.93. The lowest BCUT2D eigenvalue weighted by atomic mass is 10.0. The largest absolute Gasteiger partial charge is 0.478 e. The minimum atomic E-state index is -1.31. The molecule has 1 saturated heterocycles. The van der Waals surface area contributed by atoms with Gasteiger partial charge < -0.3 is 28.8 Å². The van der Waals surface area contributed by atoms with Crippen molar-refractivity contribution in [3.8, 4) is 5.75 Å². The SMILES string of the molecule is CC(=O)O[C@H]1[C@@H](Oc2ccc(C)cc2C(=O)O)OC[C@@H](OC(C)=O)[C@H]1OC(C)=O. The lowest BCUT2D eigenvalue weighted by molar-refractivity contribution is -0.259. The number of aromatic carboxylic acids is 1. The maximum Gasteiger partial charge on any atom is 0.339 e. The van der Waals surface area contributed by atoms with E-state index in [0.29, 0.717) is 5.56 Å². The highest BCUT2D eigenvalue weighted by Crippen LogP contribution is 2.29. The monoisotopic (exact) mass is 410 g/mol. The summed E-state index contributed by atoms with van der Waals surface area (Å²) in [4.78, 5) is 46.1. The third kappa shape index (κ3) is 5.92. The summed E-state index contributed by atoms with van der Waals surface area (Å²) in [6, 6.07) is 4.48. The Morgan fingerprint density at radius 1 is 0.966 bits per heavy atom. The highest BCUT2D eigenvalue weighted by molar-refractivity contribution is 5.91. The molecule has 0 unspecified atom stereocenters. The van der Waals surface area contributed by atoms with Crippen LogP contribution < -0.4 is 4.74 Å². The minimum absolute atomic E-state index is 0.0298. The number of carboxylic acid groups (broad SMARTS) is 1. The Bertz CT molecular complexity index is 802. The van der Waals surface area contributed by atoms with Gasteiger partial charge in [-0.2, -0.15) is 0 Å². The van der Waals surface area contributed by atoms with Crippen molar-refractivity contribution in [2.24, 2.45) is 0 Å². The second-order valence-corrected chi connectivity index (χ2v) is 6.42. The van der Waals surface area contributed by atoms with Gasteiger partial charge in [0.05, 0.1) is 6.61 Å². The van der Waals surface area contributed by atoms with Crippen molar-refractivity contribution in [3.63, 3.8) is 0 Å². The molecule has 1 aliphatic rings. The molecule has 1 aromatic rings. The molecule has 0 saturated carbocycles. The lowest BCUT2D eigenvalue weighted by Crippen LogP contribution is -2.59. The summed E-state index contributed by atoms with van der Waals surface area (Å²) in [5, 5.41) is 9.41. The molecule has 1 heterocycles. The molecule has 1 aliphatic heterocycles. The second kappa shape index (κ2) is 9.37. The topological polar surface area (TPSA) is 135 Å². The quantitative estimate of drug-likeness (QED) is 0.539. The van der Waals surface area contributed by atoms with E-state index < -0.39 is 48.5 Å². The van der Waals surface area contributed by atoms with Gasteiger partial charge in [0.25, 0.3) is 0 Å². The van der Waals surface area contributed by atoms with Crippen LogP contribution >= 0.6 is 0 Å². The molecule has 4 atom stereocenters. The molecule has 1 aromatic carbocycles. The van der Waals surface area contributed by atoms with Gasteiger partial charge in [0, 0.05) is 20.8 Å². The Morgan fingerprint density at radius 3 is 2.10 bits per heavy atom. The number of carboxylic acids is 1. The first-order chi connectivity index (χ1) is 13.6. The number of carbonyl (C=O) groups is 4. The maximum atomic E-state index is 11.6. The fraction of sp³-hybridized carbons (Fsp3) is 0.474. The molecule has 158 valence electrons. The van der Waals surface area contributed by atoms with E-state index in [1.807, 2.05) is 0 Å². The predicted molar refractivity (Wildman–Crippen MR) is 95.2 cm³/mol. The molecule has 0 radical (unpaired) electrons. The van der Waals surface area contributed by atoms with Crippen LogP contribution in [0.3, 0.4) is 0 Å². The van der Waals surface area contributed by atoms with Crippen molar-refractivity contribution in [1.29, 1.82) is 0 Å². The summed E-state index contributed by atoms with van der Waals surface area (Å²) in [5.74, 6) is -3.33. The Hall–Kier alpha value is -3.14. The third-order valence-electron chi connectivity index (χ3n) is 3.91. The molecule has 1 fully saturated rings. The number of rotatable bonds is 6. The zero-order chi connectivity index (χ0) is 21.7. The summed E-state index contributed by atoms with van der Waals surface area (Å²) < 4.78 is 26.7. The Morgan fingerprint density at radius 2 is 1.55 bits per heavy atom. The number of aryl methyl sites for hydroxylation is 1. The summed E-state index contributed by atoms with van der Waals surface area (Å²) in [5.41, 5.74) is 0.574. The van der Waals surface area contributed by atoms with Crippen LogP contribution in [0.2, 0.25) is 0 Å². The first kappa shape index (κ1) is 22.2. The van der Waals surface area contributed by atoms with Crippen molar-refractivity contribution in [2.75, 3.05) is 6.61 Å².